The highest BCUT2D eigenvalue weighted by Crippen LogP contribution is 2.24. The van der Waals surface area contributed by atoms with Gasteiger partial charge in [-0.05, 0) is 18.2 Å². The Balaban J connectivity index is 1.97. The molecule has 0 aliphatic carbocycles. The Kier molecular flexibility index (Phi) is 2.76. The first-order valence-corrected chi connectivity index (χ1v) is 5.91. The first kappa shape index (κ1) is 12.0. The zero-order valence-corrected chi connectivity index (χ0v) is 10.6. The Labute approximate surface area is 114 Å². The van der Waals surface area contributed by atoms with Gasteiger partial charge in [-0.1, -0.05) is 0 Å². The van der Waals surface area contributed by atoms with Crippen molar-refractivity contribution in [3.05, 3.63) is 41.2 Å². The molecular formula is C13H11N5O2. The number of amidine groups is 1. The van der Waals surface area contributed by atoms with Crippen molar-refractivity contribution in [2.75, 3.05) is 7.11 Å². The Bertz CT molecular complexity index is 686. The molecule has 1 atom stereocenters. The summed E-state index contributed by atoms with van der Waals surface area (Å²) in [6.45, 7) is 0. The molecule has 2 aliphatic heterocycles. The molecule has 0 radical (unpaired) electrons. The van der Waals surface area contributed by atoms with E-state index in [4.69, 9.17) is 10.00 Å². The molecule has 1 aromatic carbocycles. The summed E-state index contributed by atoms with van der Waals surface area (Å²) in [7, 11) is 1.53. The first-order chi connectivity index (χ1) is 9.71. The second-order valence-electron chi connectivity index (χ2n) is 4.25. The predicted molar refractivity (Wildman–Crippen MR) is 70.9 cm³/mol. The quantitative estimate of drug-likeness (QED) is 0.723. The average Bonchev–Trinajstić information content (AvgIpc) is 2.89. The molecule has 7 heteroatoms. The number of nitrogens with one attached hydrogen (secondary N) is 3. The fraction of sp³-hybridized carbons (Fsp3) is 0.154. The van der Waals surface area contributed by atoms with Crippen LogP contribution in [0.15, 0.2) is 35.1 Å². The third-order valence-corrected chi connectivity index (χ3v) is 3.03. The number of hydrogen-bond acceptors (Lipinski definition) is 5. The molecule has 0 saturated carbocycles. The number of aliphatic imine (C=N–C) groups is 1. The van der Waals surface area contributed by atoms with Crippen LogP contribution < -0.4 is 20.7 Å². The fourth-order valence-corrected chi connectivity index (χ4v) is 2.06. The van der Waals surface area contributed by atoms with Gasteiger partial charge in [-0.3, -0.25) is 0 Å². The number of carbonyl (C=O) groups is 1. The van der Waals surface area contributed by atoms with E-state index in [1.807, 2.05) is 0 Å². The van der Waals surface area contributed by atoms with Crippen LogP contribution in [0.5, 0.6) is 5.75 Å². The summed E-state index contributed by atoms with van der Waals surface area (Å²) >= 11 is 0. The molecule has 0 aromatic heterocycles. The van der Waals surface area contributed by atoms with Crippen LogP contribution in [-0.2, 0) is 0 Å². The first-order valence-electron chi connectivity index (χ1n) is 5.91. The number of urea groups is 1. The number of amides is 2. The summed E-state index contributed by atoms with van der Waals surface area (Å²) in [5, 5.41) is 17.2. The van der Waals surface area contributed by atoms with Gasteiger partial charge in [0.2, 0.25) is 0 Å². The van der Waals surface area contributed by atoms with Crippen LogP contribution >= 0.6 is 0 Å². The number of carbonyl (C=O) groups excluding carboxylic acids is 1. The summed E-state index contributed by atoms with van der Waals surface area (Å²) in [6.07, 6.45) is 1.16. The number of rotatable bonds is 2. The summed E-state index contributed by atoms with van der Waals surface area (Å²) in [5.41, 5.74) is 2.00. The lowest BCUT2D eigenvalue weighted by Crippen LogP contribution is -2.45. The summed E-state index contributed by atoms with van der Waals surface area (Å²) < 4.78 is 5.28. The molecule has 2 heterocycles. The van der Waals surface area contributed by atoms with Crippen LogP contribution in [0.1, 0.15) is 11.1 Å². The number of nitriles is 1. The SMILES string of the molecule is COc1cc(C#N)ccc1C1=NC2NC(=O)NC=C2N1. The van der Waals surface area contributed by atoms with Crippen molar-refractivity contribution in [3.8, 4) is 11.8 Å². The molecule has 1 aromatic rings. The van der Waals surface area contributed by atoms with E-state index < -0.39 is 6.17 Å². The van der Waals surface area contributed by atoms with E-state index in [0.717, 1.165) is 11.3 Å². The van der Waals surface area contributed by atoms with Gasteiger partial charge < -0.3 is 20.7 Å². The number of benzene rings is 1. The highest BCUT2D eigenvalue weighted by molar-refractivity contribution is 6.04. The van der Waals surface area contributed by atoms with Crippen molar-refractivity contribution < 1.29 is 9.53 Å². The lowest BCUT2D eigenvalue weighted by molar-refractivity contribution is 0.240. The summed E-state index contributed by atoms with van der Waals surface area (Å²) in [6, 6.07) is 6.86. The van der Waals surface area contributed by atoms with Crippen LogP contribution in [0.25, 0.3) is 0 Å². The minimum Gasteiger partial charge on any atom is -0.496 e. The Morgan fingerprint density at radius 3 is 3.05 bits per heavy atom. The highest BCUT2D eigenvalue weighted by atomic mass is 16.5. The third-order valence-electron chi connectivity index (χ3n) is 3.03. The molecule has 0 bridgehead atoms. The molecule has 0 spiro atoms. The van der Waals surface area contributed by atoms with E-state index in [1.165, 1.54) is 7.11 Å². The van der Waals surface area contributed by atoms with Crippen LogP contribution in [-0.4, -0.2) is 25.1 Å². The summed E-state index contributed by atoms with van der Waals surface area (Å²) in [5.74, 6) is 1.14. The topological polar surface area (TPSA) is 98.5 Å². The van der Waals surface area contributed by atoms with Gasteiger partial charge >= 0.3 is 6.03 Å². The largest absolute Gasteiger partial charge is 0.496 e. The molecule has 2 amide bonds. The molecule has 3 rings (SSSR count). The van der Waals surface area contributed by atoms with Crippen LogP contribution in [0.2, 0.25) is 0 Å². The van der Waals surface area contributed by atoms with Crippen molar-refractivity contribution in [3.63, 3.8) is 0 Å². The van der Waals surface area contributed by atoms with E-state index in [2.05, 4.69) is 27.0 Å². The van der Waals surface area contributed by atoms with Crippen molar-refractivity contribution in [1.82, 2.24) is 16.0 Å². The Morgan fingerprint density at radius 2 is 2.30 bits per heavy atom. The van der Waals surface area contributed by atoms with E-state index in [1.54, 1.807) is 24.4 Å². The monoisotopic (exact) mass is 269 g/mol. The van der Waals surface area contributed by atoms with Gasteiger partial charge in [-0.15, -0.1) is 0 Å². The van der Waals surface area contributed by atoms with Crippen LogP contribution in [0.3, 0.4) is 0 Å². The third kappa shape index (κ3) is 1.93. The van der Waals surface area contributed by atoms with E-state index in [-0.39, 0.29) is 6.03 Å². The minimum atomic E-state index is -0.418. The minimum absolute atomic E-state index is 0.294. The molecular weight excluding hydrogens is 258 g/mol. The lowest BCUT2D eigenvalue weighted by Gasteiger charge is -2.16. The van der Waals surface area contributed by atoms with Crippen molar-refractivity contribution in [2.45, 2.75) is 6.17 Å². The van der Waals surface area contributed by atoms with E-state index >= 15 is 0 Å². The molecule has 3 N–H and O–H groups in total. The Hall–Kier alpha value is -3.01. The fourth-order valence-electron chi connectivity index (χ4n) is 2.06. The lowest BCUT2D eigenvalue weighted by atomic mass is 10.1. The van der Waals surface area contributed by atoms with E-state index in [0.29, 0.717) is 17.1 Å². The molecule has 7 nitrogen and oxygen atoms in total. The van der Waals surface area contributed by atoms with Gasteiger partial charge in [0.1, 0.15) is 11.6 Å². The van der Waals surface area contributed by atoms with Crippen molar-refractivity contribution in [1.29, 1.82) is 5.26 Å². The van der Waals surface area contributed by atoms with Gasteiger partial charge in [0, 0.05) is 6.20 Å². The highest BCUT2D eigenvalue weighted by Gasteiger charge is 2.29. The predicted octanol–water partition coefficient (Wildman–Crippen LogP) is 0.397. The average molecular weight is 269 g/mol. The molecule has 0 fully saturated rings. The number of methoxy groups -OCH3 is 1. The number of hydrogen-bond donors (Lipinski definition) is 3. The van der Waals surface area contributed by atoms with Gasteiger partial charge in [0.05, 0.1) is 30.0 Å². The zero-order chi connectivity index (χ0) is 14.1. The number of fused-ring (bicyclic) bond motifs is 1. The van der Waals surface area contributed by atoms with Crippen LogP contribution in [0, 0.1) is 11.3 Å². The van der Waals surface area contributed by atoms with Crippen molar-refractivity contribution in [2.24, 2.45) is 4.99 Å². The zero-order valence-electron chi connectivity index (χ0n) is 10.6. The normalized spacial score (nSPS) is 19.6. The van der Waals surface area contributed by atoms with Gasteiger partial charge in [-0.25, -0.2) is 9.79 Å². The number of ether oxygens (including phenoxy) is 1. The summed E-state index contributed by atoms with van der Waals surface area (Å²) in [4.78, 5) is 15.6. The van der Waals surface area contributed by atoms with Gasteiger partial charge in [0.15, 0.2) is 6.17 Å². The van der Waals surface area contributed by atoms with Gasteiger partial charge in [0.25, 0.3) is 0 Å². The van der Waals surface area contributed by atoms with E-state index in [9.17, 15) is 4.79 Å². The molecule has 0 saturated heterocycles. The molecule has 2 aliphatic rings. The van der Waals surface area contributed by atoms with Crippen molar-refractivity contribution >= 4 is 11.9 Å². The second kappa shape index (κ2) is 4.59. The van der Waals surface area contributed by atoms with Gasteiger partial charge in [-0.2, -0.15) is 5.26 Å². The standard InChI is InChI=1S/C13H11N5O2/c1-20-10-4-7(5-14)2-3-8(10)11-16-9-6-15-13(19)18-12(9)17-11/h2-4,6,12H,1H3,(H,16,17)(H2,15,18,19). The maximum atomic E-state index is 11.2. The maximum absolute atomic E-state index is 11.2. The number of nitrogens with zero attached hydrogens (tertiary/aromatic N) is 2. The molecule has 1 unspecified atom stereocenters. The molecule has 100 valence electrons. The Morgan fingerprint density at radius 1 is 1.45 bits per heavy atom. The molecule has 20 heavy (non-hydrogen) atoms. The van der Waals surface area contributed by atoms with Crippen LogP contribution in [0.4, 0.5) is 4.79 Å². The second-order valence-corrected chi connectivity index (χ2v) is 4.25. The maximum Gasteiger partial charge on any atom is 0.320 e. The smallest absolute Gasteiger partial charge is 0.320 e.